The SMILES string of the molecule is Cc1ccc(C(=O)C(F)(F)F)cc1. The van der Waals surface area contributed by atoms with Gasteiger partial charge >= 0.3 is 6.18 Å². The number of ketones is 1. The third-order valence-electron chi connectivity index (χ3n) is 1.57. The predicted molar refractivity (Wildman–Crippen MR) is 41.6 cm³/mol. The first kappa shape index (κ1) is 9.77. The number of Topliss-reactive ketones (excluding diaryl/α,β-unsaturated/α-hetero) is 1. The van der Waals surface area contributed by atoms with Gasteiger partial charge in [-0.2, -0.15) is 13.2 Å². The van der Waals surface area contributed by atoms with Crippen molar-refractivity contribution in [2.24, 2.45) is 0 Å². The van der Waals surface area contributed by atoms with Crippen LogP contribution in [0.3, 0.4) is 0 Å². The Hall–Kier alpha value is -1.32. The van der Waals surface area contributed by atoms with Gasteiger partial charge in [-0.05, 0) is 6.92 Å². The molecule has 0 atom stereocenters. The summed E-state index contributed by atoms with van der Waals surface area (Å²) in [6.45, 7) is 1.74. The van der Waals surface area contributed by atoms with Crippen LogP contribution in [0.5, 0.6) is 0 Å². The number of benzene rings is 1. The van der Waals surface area contributed by atoms with Crippen molar-refractivity contribution in [1.29, 1.82) is 0 Å². The maximum atomic E-state index is 11.9. The third kappa shape index (κ3) is 2.31. The highest BCUT2D eigenvalue weighted by atomic mass is 19.4. The third-order valence-corrected chi connectivity index (χ3v) is 1.57. The molecule has 0 spiro atoms. The van der Waals surface area contributed by atoms with Crippen LogP contribution in [-0.2, 0) is 0 Å². The standard InChI is InChI=1S/C9H7F3O/c1-6-2-4-7(5-3-6)8(13)9(10,11)12/h2-5H,1H3. The molecule has 1 aromatic carbocycles. The molecular weight excluding hydrogens is 181 g/mol. The van der Waals surface area contributed by atoms with Gasteiger partial charge in [-0.1, -0.05) is 29.8 Å². The van der Waals surface area contributed by atoms with Gasteiger partial charge in [-0.3, -0.25) is 4.79 Å². The Morgan fingerprint density at radius 2 is 1.62 bits per heavy atom. The van der Waals surface area contributed by atoms with Gasteiger partial charge in [0, 0.05) is 5.56 Å². The van der Waals surface area contributed by atoms with Gasteiger partial charge in [0.1, 0.15) is 0 Å². The summed E-state index contributed by atoms with van der Waals surface area (Å²) in [5.74, 6) is -1.80. The molecule has 70 valence electrons. The summed E-state index contributed by atoms with van der Waals surface area (Å²) in [5.41, 5.74) is 0.497. The van der Waals surface area contributed by atoms with E-state index in [0.29, 0.717) is 0 Å². The number of hydrogen-bond acceptors (Lipinski definition) is 1. The topological polar surface area (TPSA) is 17.1 Å². The van der Waals surface area contributed by atoms with Crippen molar-refractivity contribution >= 4 is 5.78 Å². The molecule has 0 bridgehead atoms. The quantitative estimate of drug-likeness (QED) is 0.619. The summed E-state index contributed by atoms with van der Waals surface area (Å²) in [5, 5.41) is 0. The lowest BCUT2D eigenvalue weighted by Crippen LogP contribution is -2.22. The van der Waals surface area contributed by atoms with Crippen LogP contribution in [-0.4, -0.2) is 12.0 Å². The molecule has 0 saturated heterocycles. The first-order valence-electron chi connectivity index (χ1n) is 3.59. The smallest absolute Gasteiger partial charge is 0.284 e. The Kier molecular flexibility index (Phi) is 2.40. The largest absolute Gasteiger partial charge is 0.454 e. The van der Waals surface area contributed by atoms with Gasteiger partial charge in [0.15, 0.2) is 0 Å². The summed E-state index contributed by atoms with van der Waals surface area (Å²) >= 11 is 0. The Balaban J connectivity index is 2.97. The van der Waals surface area contributed by atoms with Crippen molar-refractivity contribution < 1.29 is 18.0 Å². The molecule has 1 rings (SSSR count). The molecule has 0 heterocycles. The minimum Gasteiger partial charge on any atom is -0.284 e. The monoisotopic (exact) mass is 188 g/mol. The fourth-order valence-electron chi connectivity index (χ4n) is 0.869. The van der Waals surface area contributed by atoms with E-state index in [2.05, 4.69) is 0 Å². The average Bonchev–Trinajstić information content (AvgIpc) is 2.03. The van der Waals surface area contributed by atoms with E-state index in [1.54, 1.807) is 6.92 Å². The van der Waals surface area contributed by atoms with Gasteiger partial charge < -0.3 is 0 Å². The second-order valence-electron chi connectivity index (χ2n) is 2.69. The zero-order valence-corrected chi connectivity index (χ0v) is 6.85. The van der Waals surface area contributed by atoms with E-state index in [0.717, 1.165) is 5.56 Å². The van der Waals surface area contributed by atoms with Crippen LogP contribution < -0.4 is 0 Å². The van der Waals surface area contributed by atoms with Gasteiger partial charge in [0.05, 0.1) is 0 Å². The summed E-state index contributed by atoms with van der Waals surface area (Å²) in [7, 11) is 0. The van der Waals surface area contributed by atoms with E-state index >= 15 is 0 Å². The van der Waals surface area contributed by atoms with Crippen LogP contribution in [0.4, 0.5) is 13.2 Å². The van der Waals surface area contributed by atoms with Crippen molar-refractivity contribution in [2.45, 2.75) is 13.1 Å². The number of rotatable bonds is 1. The first-order valence-corrected chi connectivity index (χ1v) is 3.59. The summed E-state index contributed by atoms with van der Waals surface area (Å²) < 4.78 is 35.7. The zero-order chi connectivity index (χ0) is 10.1. The molecule has 0 aliphatic rings. The maximum Gasteiger partial charge on any atom is 0.454 e. The lowest BCUT2D eigenvalue weighted by atomic mass is 10.1. The van der Waals surface area contributed by atoms with Crippen LogP contribution in [0.1, 0.15) is 15.9 Å². The molecule has 0 aromatic heterocycles. The number of hydrogen-bond donors (Lipinski definition) is 0. The second-order valence-corrected chi connectivity index (χ2v) is 2.69. The van der Waals surface area contributed by atoms with Crippen molar-refractivity contribution in [1.82, 2.24) is 0 Å². The van der Waals surface area contributed by atoms with Gasteiger partial charge in [-0.15, -0.1) is 0 Å². The van der Waals surface area contributed by atoms with E-state index in [4.69, 9.17) is 0 Å². The Morgan fingerprint density at radius 1 is 1.15 bits per heavy atom. The zero-order valence-electron chi connectivity index (χ0n) is 6.85. The summed E-state index contributed by atoms with van der Waals surface area (Å²) in [4.78, 5) is 10.7. The van der Waals surface area contributed by atoms with Crippen molar-refractivity contribution in [3.05, 3.63) is 35.4 Å². The Morgan fingerprint density at radius 3 is 2.00 bits per heavy atom. The van der Waals surface area contributed by atoms with Gasteiger partial charge in [0.25, 0.3) is 5.78 Å². The van der Waals surface area contributed by atoms with Crippen LogP contribution >= 0.6 is 0 Å². The minimum atomic E-state index is -4.78. The molecule has 0 amide bonds. The molecule has 0 radical (unpaired) electrons. The van der Waals surface area contributed by atoms with E-state index in [1.807, 2.05) is 0 Å². The summed E-state index contributed by atoms with van der Waals surface area (Å²) in [6, 6.07) is 5.29. The molecule has 1 aromatic rings. The molecule has 0 N–H and O–H groups in total. The molecule has 1 nitrogen and oxygen atoms in total. The normalized spacial score (nSPS) is 11.4. The molecular formula is C9H7F3O. The highest BCUT2D eigenvalue weighted by Gasteiger charge is 2.38. The van der Waals surface area contributed by atoms with Crippen LogP contribution in [0.15, 0.2) is 24.3 Å². The van der Waals surface area contributed by atoms with E-state index < -0.39 is 12.0 Å². The van der Waals surface area contributed by atoms with Crippen molar-refractivity contribution in [3.8, 4) is 0 Å². The lowest BCUT2D eigenvalue weighted by Gasteiger charge is -2.04. The van der Waals surface area contributed by atoms with Crippen LogP contribution in [0.25, 0.3) is 0 Å². The Bertz CT molecular complexity index is 311. The highest BCUT2D eigenvalue weighted by molar-refractivity contribution is 6.00. The van der Waals surface area contributed by atoms with E-state index in [1.165, 1.54) is 24.3 Å². The highest BCUT2D eigenvalue weighted by Crippen LogP contribution is 2.21. The predicted octanol–water partition coefficient (Wildman–Crippen LogP) is 2.74. The molecule has 13 heavy (non-hydrogen) atoms. The van der Waals surface area contributed by atoms with E-state index in [9.17, 15) is 18.0 Å². The molecule has 4 heteroatoms. The first-order chi connectivity index (χ1) is 5.91. The number of aryl methyl sites for hydroxylation is 1. The molecule has 0 unspecified atom stereocenters. The van der Waals surface area contributed by atoms with Crippen molar-refractivity contribution in [2.75, 3.05) is 0 Å². The molecule has 0 aliphatic carbocycles. The molecule has 0 saturated carbocycles. The fraction of sp³-hybridized carbons (Fsp3) is 0.222. The number of carbonyl (C=O) groups excluding carboxylic acids is 1. The minimum absolute atomic E-state index is 0.321. The van der Waals surface area contributed by atoms with Crippen LogP contribution in [0.2, 0.25) is 0 Å². The fourth-order valence-corrected chi connectivity index (χ4v) is 0.869. The average molecular weight is 188 g/mol. The van der Waals surface area contributed by atoms with Crippen LogP contribution in [0, 0.1) is 6.92 Å². The van der Waals surface area contributed by atoms with Crippen molar-refractivity contribution in [3.63, 3.8) is 0 Å². The van der Waals surface area contributed by atoms with Gasteiger partial charge in [0.2, 0.25) is 0 Å². The summed E-state index contributed by atoms with van der Waals surface area (Å²) in [6.07, 6.45) is -4.78. The lowest BCUT2D eigenvalue weighted by molar-refractivity contribution is -0.0885. The maximum absolute atomic E-state index is 11.9. The Labute approximate surface area is 73.2 Å². The number of halogens is 3. The molecule has 0 aliphatic heterocycles. The van der Waals surface area contributed by atoms with E-state index in [-0.39, 0.29) is 5.56 Å². The van der Waals surface area contributed by atoms with Gasteiger partial charge in [-0.25, -0.2) is 0 Å². The second kappa shape index (κ2) is 3.20. The molecule has 0 fully saturated rings. The number of carbonyl (C=O) groups is 1. The number of alkyl halides is 3.